The number of amides is 1. The number of thiocyanates is 1. The number of hydrogen-bond acceptors (Lipinski definition) is 3. The van der Waals surface area contributed by atoms with Gasteiger partial charge in [-0.2, -0.15) is 5.26 Å². The summed E-state index contributed by atoms with van der Waals surface area (Å²) in [6.07, 6.45) is 0. The summed E-state index contributed by atoms with van der Waals surface area (Å²) in [7, 11) is 0. The van der Waals surface area contributed by atoms with Crippen LogP contribution in [-0.4, -0.2) is 63.0 Å². The second-order valence-electron chi connectivity index (χ2n) is 0.846. The van der Waals surface area contributed by atoms with Crippen molar-refractivity contribution in [2.75, 3.05) is 5.75 Å². The van der Waals surface area contributed by atoms with Gasteiger partial charge in [0.1, 0.15) is 5.40 Å². The Kier molecular flexibility index (Phi) is 11.6. The third kappa shape index (κ3) is 10.0. The van der Waals surface area contributed by atoms with Crippen LogP contribution in [0.5, 0.6) is 0 Å². The van der Waals surface area contributed by atoms with Crippen molar-refractivity contribution < 1.29 is 4.79 Å². The monoisotopic (exact) mass is 156 g/mol. The Hall–Kier alpha value is 0.946. The molecule has 3 nitrogen and oxygen atoms in total. The molecule has 0 radical (unpaired) electrons. The molecule has 0 heterocycles. The molecule has 1 amide bonds. The van der Waals surface area contributed by atoms with E-state index in [9.17, 15) is 4.79 Å². The number of nitrogens with two attached hydrogens (primary N) is 1. The molecule has 0 aliphatic heterocycles. The van der Waals surface area contributed by atoms with Gasteiger partial charge in [-0.1, -0.05) is 0 Å². The molecular weight excluding hydrogens is 151 g/mol. The fourth-order valence-electron chi connectivity index (χ4n) is 0.103. The summed E-state index contributed by atoms with van der Waals surface area (Å²) in [5, 5.41) is 9.54. The van der Waals surface area contributed by atoms with Crippen molar-refractivity contribution in [3.8, 4) is 5.40 Å². The Balaban J connectivity index is 0. The van der Waals surface area contributed by atoms with E-state index < -0.39 is 5.91 Å². The van der Waals surface area contributed by atoms with Crippen molar-refractivity contribution in [3.05, 3.63) is 0 Å². The summed E-state index contributed by atoms with van der Waals surface area (Å²) in [5.41, 5.74) is 4.67. The quantitative estimate of drug-likeness (QED) is 0.413. The van der Waals surface area contributed by atoms with Gasteiger partial charge in [-0.05, 0) is 11.8 Å². The summed E-state index contributed by atoms with van der Waals surface area (Å²) >= 11 is 0.847. The maximum absolute atomic E-state index is 9.81. The second kappa shape index (κ2) is 7.95. The molecule has 0 aliphatic carbocycles. The van der Waals surface area contributed by atoms with E-state index in [1.54, 1.807) is 5.40 Å². The Morgan fingerprint density at radius 1 is 1.88 bits per heavy atom. The SMILES string of the molecule is N#CSCC(N)=O.[KH]. The van der Waals surface area contributed by atoms with Crippen LogP contribution in [0, 0.1) is 10.7 Å². The number of carbonyl (C=O) groups excluding carboxylic acids is 1. The van der Waals surface area contributed by atoms with Crippen molar-refractivity contribution in [2.24, 2.45) is 5.73 Å². The number of nitriles is 1. The Bertz CT molecular complexity index is 110. The first-order valence-corrected chi connectivity index (χ1v) is 2.55. The van der Waals surface area contributed by atoms with Crippen LogP contribution in [0.2, 0.25) is 0 Å². The average Bonchev–Trinajstić information content (AvgIpc) is 1.61. The zero-order valence-electron chi connectivity index (χ0n) is 3.55. The van der Waals surface area contributed by atoms with Gasteiger partial charge in [-0.25, -0.2) is 0 Å². The summed E-state index contributed by atoms with van der Waals surface area (Å²) in [6, 6.07) is 0. The topological polar surface area (TPSA) is 66.9 Å². The van der Waals surface area contributed by atoms with Gasteiger partial charge in [0.05, 0.1) is 5.75 Å². The molecule has 0 aromatic heterocycles. The predicted octanol–water partition coefficient (Wildman–Crippen LogP) is -0.963. The fourth-order valence-corrected chi connectivity index (χ4v) is 0.310. The van der Waals surface area contributed by atoms with Gasteiger partial charge >= 0.3 is 51.4 Å². The normalized spacial score (nSPS) is 6.38. The van der Waals surface area contributed by atoms with Crippen LogP contribution in [0.1, 0.15) is 0 Å². The van der Waals surface area contributed by atoms with Gasteiger partial charge in [-0.3, -0.25) is 4.79 Å². The average molecular weight is 156 g/mol. The van der Waals surface area contributed by atoms with Crippen LogP contribution < -0.4 is 5.73 Å². The first kappa shape index (κ1) is 11.7. The van der Waals surface area contributed by atoms with E-state index in [1.807, 2.05) is 0 Å². The molecule has 40 valence electrons. The molecule has 0 aromatic carbocycles. The van der Waals surface area contributed by atoms with E-state index in [2.05, 4.69) is 5.73 Å². The van der Waals surface area contributed by atoms with Crippen molar-refractivity contribution in [3.63, 3.8) is 0 Å². The Morgan fingerprint density at radius 3 is 2.50 bits per heavy atom. The molecule has 0 spiro atoms. The molecule has 0 unspecified atom stereocenters. The molecule has 2 N–H and O–H groups in total. The summed E-state index contributed by atoms with van der Waals surface area (Å²) in [6.45, 7) is 0. The molecule has 0 saturated carbocycles. The summed E-state index contributed by atoms with van der Waals surface area (Å²) in [4.78, 5) is 9.81. The number of rotatable bonds is 2. The van der Waals surface area contributed by atoms with Gasteiger partial charge in [0, 0.05) is 0 Å². The third-order valence-electron chi connectivity index (χ3n) is 0.279. The fraction of sp³-hybridized carbons (Fsp3) is 0.333. The molecule has 0 atom stereocenters. The molecule has 0 bridgehead atoms. The van der Waals surface area contributed by atoms with Crippen molar-refractivity contribution >= 4 is 69.1 Å². The van der Waals surface area contributed by atoms with E-state index in [0.29, 0.717) is 0 Å². The van der Waals surface area contributed by atoms with Crippen LogP contribution in [0.4, 0.5) is 0 Å². The molecule has 5 heteroatoms. The zero-order valence-corrected chi connectivity index (χ0v) is 4.36. The second-order valence-corrected chi connectivity index (χ2v) is 1.61. The van der Waals surface area contributed by atoms with Crippen molar-refractivity contribution in [1.29, 1.82) is 5.26 Å². The van der Waals surface area contributed by atoms with E-state index in [4.69, 9.17) is 5.26 Å². The molecule has 0 rings (SSSR count). The standard InChI is InChI=1S/C3H4N2OS.K.H/c4-2-7-1-3(5)6;;/h1H2,(H2,5,6);;. The van der Waals surface area contributed by atoms with Crippen LogP contribution in [0.15, 0.2) is 0 Å². The van der Waals surface area contributed by atoms with Gasteiger partial charge in [0.15, 0.2) is 0 Å². The molecule has 0 aromatic rings. The van der Waals surface area contributed by atoms with Crippen LogP contribution in [0.3, 0.4) is 0 Å². The Morgan fingerprint density at radius 2 is 2.38 bits per heavy atom. The number of hydrogen-bond donors (Lipinski definition) is 1. The molecule has 0 aliphatic rings. The molecule has 0 fully saturated rings. The van der Waals surface area contributed by atoms with E-state index in [-0.39, 0.29) is 57.1 Å². The van der Waals surface area contributed by atoms with Gasteiger partial charge in [-0.15, -0.1) is 0 Å². The predicted molar refractivity (Wildman–Crippen MR) is 34.4 cm³/mol. The minimum absolute atomic E-state index is 0. The van der Waals surface area contributed by atoms with Gasteiger partial charge in [0.2, 0.25) is 5.91 Å². The minimum atomic E-state index is -0.452. The van der Waals surface area contributed by atoms with Crippen LogP contribution in [-0.2, 0) is 4.79 Å². The number of primary amides is 1. The van der Waals surface area contributed by atoms with Gasteiger partial charge < -0.3 is 5.73 Å². The third-order valence-corrected chi connectivity index (χ3v) is 0.837. The van der Waals surface area contributed by atoms with E-state index >= 15 is 0 Å². The summed E-state index contributed by atoms with van der Waals surface area (Å²) < 4.78 is 0. The first-order valence-electron chi connectivity index (χ1n) is 1.56. The zero-order chi connectivity index (χ0) is 5.70. The van der Waals surface area contributed by atoms with Crippen LogP contribution >= 0.6 is 11.8 Å². The molecule has 0 saturated heterocycles. The first-order chi connectivity index (χ1) is 3.27. The van der Waals surface area contributed by atoms with Gasteiger partial charge in [0.25, 0.3) is 0 Å². The van der Waals surface area contributed by atoms with Crippen molar-refractivity contribution in [1.82, 2.24) is 0 Å². The van der Waals surface area contributed by atoms with E-state index in [1.165, 1.54) is 0 Å². The van der Waals surface area contributed by atoms with Crippen molar-refractivity contribution in [2.45, 2.75) is 0 Å². The maximum atomic E-state index is 9.81. The molecule has 8 heavy (non-hydrogen) atoms. The summed E-state index contributed by atoms with van der Waals surface area (Å²) in [5.74, 6) is -0.359. The molecular formula is C3H5KN2OS. The van der Waals surface area contributed by atoms with E-state index in [0.717, 1.165) is 11.8 Å². The number of thioether (sulfide) groups is 1. The number of nitrogens with zero attached hydrogens (tertiary/aromatic N) is 1. The Labute approximate surface area is 94.4 Å². The van der Waals surface area contributed by atoms with Crippen LogP contribution in [0.25, 0.3) is 0 Å². The number of carbonyl (C=O) groups is 1.